The van der Waals surface area contributed by atoms with Crippen LogP contribution in [0.25, 0.3) is 10.9 Å². The number of likely N-dealkylation sites (N-methyl/N-ethyl adjacent to an activating group) is 1. The standard InChI is InChI=1S/C16H15N3O2S/c1-10-9-17-16(22-10)19(2)14(20)8-12-7-11-5-3-4-6-13(11)18-15(12)21/h3-7,9H,8H2,1-2H3,(H,18,21). The van der Waals surface area contributed by atoms with Gasteiger partial charge in [-0.05, 0) is 24.4 Å². The molecule has 0 saturated heterocycles. The Morgan fingerprint density at radius 2 is 2.14 bits per heavy atom. The first kappa shape index (κ1) is 14.5. The van der Waals surface area contributed by atoms with Crippen LogP contribution in [0.5, 0.6) is 0 Å². The summed E-state index contributed by atoms with van der Waals surface area (Å²) < 4.78 is 0. The molecule has 1 aromatic carbocycles. The van der Waals surface area contributed by atoms with Crippen LogP contribution < -0.4 is 10.5 Å². The van der Waals surface area contributed by atoms with Crippen LogP contribution in [0.15, 0.2) is 41.3 Å². The zero-order chi connectivity index (χ0) is 15.7. The van der Waals surface area contributed by atoms with Gasteiger partial charge in [0.05, 0.1) is 6.42 Å². The first-order valence-corrected chi connectivity index (χ1v) is 7.66. The van der Waals surface area contributed by atoms with E-state index < -0.39 is 0 Å². The molecule has 1 amide bonds. The smallest absolute Gasteiger partial charge is 0.252 e. The highest BCUT2D eigenvalue weighted by molar-refractivity contribution is 7.15. The molecule has 0 spiro atoms. The summed E-state index contributed by atoms with van der Waals surface area (Å²) in [5.41, 5.74) is 1.01. The van der Waals surface area contributed by atoms with Crippen LogP contribution in [0, 0.1) is 6.92 Å². The SMILES string of the molecule is Cc1cnc(N(C)C(=O)Cc2cc3ccccc3[nH]c2=O)s1. The lowest BCUT2D eigenvalue weighted by Crippen LogP contribution is -2.29. The topological polar surface area (TPSA) is 66.1 Å². The van der Waals surface area contributed by atoms with Gasteiger partial charge in [-0.15, -0.1) is 11.3 Å². The van der Waals surface area contributed by atoms with Gasteiger partial charge in [0.25, 0.3) is 5.56 Å². The van der Waals surface area contributed by atoms with E-state index in [-0.39, 0.29) is 17.9 Å². The minimum Gasteiger partial charge on any atom is -0.322 e. The van der Waals surface area contributed by atoms with E-state index in [1.54, 1.807) is 19.3 Å². The number of pyridine rings is 1. The van der Waals surface area contributed by atoms with E-state index in [1.165, 1.54) is 16.2 Å². The zero-order valence-corrected chi connectivity index (χ0v) is 13.1. The highest BCUT2D eigenvalue weighted by Gasteiger charge is 2.16. The molecule has 2 heterocycles. The van der Waals surface area contributed by atoms with E-state index in [0.29, 0.717) is 10.7 Å². The maximum absolute atomic E-state index is 12.4. The molecular formula is C16H15N3O2S. The number of carbonyl (C=O) groups excluding carboxylic acids is 1. The van der Waals surface area contributed by atoms with Crippen LogP contribution in [0.3, 0.4) is 0 Å². The maximum Gasteiger partial charge on any atom is 0.252 e. The molecule has 3 aromatic rings. The molecule has 22 heavy (non-hydrogen) atoms. The van der Waals surface area contributed by atoms with Gasteiger partial charge >= 0.3 is 0 Å². The third kappa shape index (κ3) is 2.78. The second-order valence-electron chi connectivity index (χ2n) is 5.09. The van der Waals surface area contributed by atoms with Crippen molar-refractivity contribution in [3.8, 4) is 0 Å². The van der Waals surface area contributed by atoms with E-state index in [4.69, 9.17) is 0 Å². The molecule has 0 unspecified atom stereocenters. The summed E-state index contributed by atoms with van der Waals surface area (Å²) in [6.07, 6.45) is 1.78. The molecule has 0 saturated carbocycles. The third-order valence-corrected chi connectivity index (χ3v) is 4.43. The normalized spacial score (nSPS) is 10.8. The number of nitrogens with one attached hydrogen (secondary N) is 1. The third-order valence-electron chi connectivity index (χ3n) is 3.44. The lowest BCUT2D eigenvalue weighted by molar-refractivity contribution is -0.117. The summed E-state index contributed by atoms with van der Waals surface area (Å²) >= 11 is 1.45. The Morgan fingerprint density at radius 1 is 1.36 bits per heavy atom. The van der Waals surface area contributed by atoms with Crippen molar-refractivity contribution in [3.05, 3.63) is 57.3 Å². The van der Waals surface area contributed by atoms with Gasteiger partial charge in [-0.3, -0.25) is 14.5 Å². The van der Waals surface area contributed by atoms with E-state index in [0.717, 1.165) is 15.8 Å². The van der Waals surface area contributed by atoms with Crippen LogP contribution in [0.1, 0.15) is 10.4 Å². The zero-order valence-electron chi connectivity index (χ0n) is 12.3. The first-order chi connectivity index (χ1) is 10.5. The Labute approximate surface area is 131 Å². The van der Waals surface area contributed by atoms with Crippen molar-refractivity contribution in [2.75, 3.05) is 11.9 Å². The molecule has 0 atom stereocenters. The quantitative estimate of drug-likeness (QED) is 0.808. The number of aryl methyl sites for hydroxylation is 1. The van der Waals surface area contributed by atoms with Crippen molar-refractivity contribution in [2.24, 2.45) is 0 Å². The Morgan fingerprint density at radius 3 is 2.86 bits per heavy atom. The van der Waals surface area contributed by atoms with Crippen LogP contribution in [0.2, 0.25) is 0 Å². The monoisotopic (exact) mass is 313 g/mol. The molecule has 0 aliphatic heterocycles. The van der Waals surface area contributed by atoms with Gasteiger partial charge < -0.3 is 4.98 Å². The average molecular weight is 313 g/mol. The number of rotatable bonds is 3. The number of thiazole rings is 1. The second-order valence-corrected chi connectivity index (χ2v) is 6.31. The summed E-state index contributed by atoms with van der Waals surface area (Å²) in [5.74, 6) is -0.157. The lowest BCUT2D eigenvalue weighted by Gasteiger charge is -2.13. The van der Waals surface area contributed by atoms with Crippen LogP contribution in [0.4, 0.5) is 5.13 Å². The van der Waals surface area contributed by atoms with Crippen LogP contribution in [-0.4, -0.2) is 22.9 Å². The number of aromatic amines is 1. The molecule has 0 radical (unpaired) electrons. The predicted molar refractivity (Wildman–Crippen MR) is 88.5 cm³/mol. The number of benzene rings is 1. The number of fused-ring (bicyclic) bond motifs is 1. The highest BCUT2D eigenvalue weighted by Crippen LogP contribution is 2.21. The van der Waals surface area contributed by atoms with E-state index >= 15 is 0 Å². The summed E-state index contributed by atoms with van der Waals surface area (Å²) in [7, 11) is 1.68. The second kappa shape index (κ2) is 5.73. The number of hydrogen-bond acceptors (Lipinski definition) is 4. The first-order valence-electron chi connectivity index (χ1n) is 6.84. The lowest BCUT2D eigenvalue weighted by atomic mass is 10.1. The maximum atomic E-state index is 12.4. The fourth-order valence-electron chi connectivity index (χ4n) is 2.21. The highest BCUT2D eigenvalue weighted by atomic mass is 32.1. The largest absolute Gasteiger partial charge is 0.322 e. The molecule has 5 nitrogen and oxygen atoms in total. The summed E-state index contributed by atoms with van der Waals surface area (Å²) in [4.78, 5) is 34.0. The number of amides is 1. The number of anilines is 1. The van der Waals surface area contributed by atoms with Gasteiger partial charge in [-0.25, -0.2) is 4.98 Å². The predicted octanol–water partition coefficient (Wildman–Crippen LogP) is 2.50. The van der Waals surface area contributed by atoms with Crippen molar-refractivity contribution in [1.29, 1.82) is 0 Å². The molecule has 0 aliphatic carbocycles. The summed E-state index contributed by atoms with van der Waals surface area (Å²) in [6, 6.07) is 9.28. The minimum atomic E-state index is -0.226. The Kier molecular flexibility index (Phi) is 3.77. The Bertz CT molecular complexity index is 898. The molecule has 6 heteroatoms. The minimum absolute atomic E-state index is 0.0509. The van der Waals surface area contributed by atoms with Gasteiger partial charge in [-0.1, -0.05) is 18.2 Å². The molecule has 0 aliphatic rings. The number of nitrogens with zero attached hydrogens (tertiary/aromatic N) is 2. The number of para-hydroxylation sites is 1. The van der Waals surface area contributed by atoms with E-state index in [9.17, 15) is 9.59 Å². The molecule has 112 valence electrons. The van der Waals surface area contributed by atoms with Crippen LogP contribution >= 0.6 is 11.3 Å². The van der Waals surface area contributed by atoms with Crippen molar-refractivity contribution in [3.63, 3.8) is 0 Å². The number of aromatic nitrogens is 2. The Hall–Kier alpha value is -2.47. The van der Waals surface area contributed by atoms with E-state index in [2.05, 4.69) is 9.97 Å². The number of H-pyrrole nitrogens is 1. The summed E-state index contributed by atoms with van der Waals surface area (Å²) in [5, 5.41) is 1.55. The molecular weight excluding hydrogens is 298 g/mol. The molecule has 0 bridgehead atoms. The average Bonchev–Trinajstić information content (AvgIpc) is 2.93. The van der Waals surface area contributed by atoms with Crippen molar-refractivity contribution >= 4 is 33.3 Å². The molecule has 3 rings (SSSR count). The molecule has 2 aromatic heterocycles. The molecule has 0 fully saturated rings. The molecule has 1 N–H and O–H groups in total. The number of hydrogen-bond donors (Lipinski definition) is 1. The van der Waals surface area contributed by atoms with Gasteiger partial charge in [0.2, 0.25) is 5.91 Å². The van der Waals surface area contributed by atoms with Crippen molar-refractivity contribution < 1.29 is 4.79 Å². The van der Waals surface area contributed by atoms with Crippen molar-refractivity contribution in [1.82, 2.24) is 9.97 Å². The fourth-order valence-corrected chi connectivity index (χ4v) is 2.95. The summed E-state index contributed by atoms with van der Waals surface area (Å²) in [6.45, 7) is 1.94. The van der Waals surface area contributed by atoms with E-state index in [1.807, 2.05) is 31.2 Å². The van der Waals surface area contributed by atoms with Gasteiger partial charge in [-0.2, -0.15) is 0 Å². The van der Waals surface area contributed by atoms with Crippen molar-refractivity contribution in [2.45, 2.75) is 13.3 Å². The van der Waals surface area contributed by atoms with Gasteiger partial charge in [0.1, 0.15) is 0 Å². The van der Waals surface area contributed by atoms with Gasteiger partial charge in [0, 0.05) is 29.2 Å². The Balaban J connectivity index is 1.87. The van der Waals surface area contributed by atoms with Crippen LogP contribution in [-0.2, 0) is 11.2 Å². The van der Waals surface area contributed by atoms with Gasteiger partial charge in [0.15, 0.2) is 5.13 Å². The number of carbonyl (C=O) groups is 1. The fraction of sp³-hybridized carbons (Fsp3) is 0.188.